The molecule has 0 amide bonds. The average Bonchev–Trinajstić information content (AvgIpc) is 3.35. The van der Waals surface area contributed by atoms with Gasteiger partial charge in [0, 0.05) is 0 Å². The van der Waals surface area contributed by atoms with Gasteiger partial charge in [-0.25, -0.2) is 14.6 Å². The van der Waals surface area contributed by atoms with Crippen molar-refractivity contribution in [2.45, 2.75) is 217 Å². The van der Waals surface area contributed by atoms with Crippen LogP contribution >= 0.6 is 0 Å². The number of allylic oxidation sites excluding steroid dienone is 2. The van der Waals surface area contributed by atoms with E-state index in [0.29, 0.717) is 22.3 Å². The summed E-state index contributed by atoms with van der Waals surface area (Å²) in [5.41, 5.74) is 11.5. The minimum Gasteiger partial charge on any atom is -0.869 e. The summed E-state index contributed by atoms with van der Waals surface area (Å²) < 4.78 is 0. The molecule has 0 spiro atoms. The van der Waals surface area contributed by atoms with Crippen molar-refractivity contribution >= 4 is 34.7 Å². The maximum absolute atomic E-state index is 11.2. The van der Waals surface area contributed by atoms with Crippen LogP contribution in [-0.4, -0.2) is 43.8 Å². The molecule has 0 fully saturated rings. The maximum Gasteiger partial charge on any atom is 2.00 e. The van der Waals surface area contributed by atoms with Crippen molar-refractivity contribution in [3.05, 3.63) is 116 Å². The second kappa shape index (κ2) is 37.5. The summed E-state index contributed by atoms with van der Waals surface area (Å²) in [7, 11) is 0. The summed E-state index contributed by atoms with van der Waals surface area (Å²) in [5, 5.41) is 57.8. The molecule has 410 valence electrons. The third-order valence-electron chi connectivity index (χ3n) is 13.2. The van der Waals surface area contributed by atoms with Gasteiger partial charge in [-0.3, -0.25) is 4.99 Å². The molecule has 0 unspecified atom stereocenters. The number of phenols is 2. The molecule has 0 bridgehead atoms. The Balaban J connectivity index is 0.000000815. The molecule has 0 saturated heterocycles. The fraction of sp³-hybridized carbons (Fsp3) is 0.524. The largest absolute Gasteiger partial charge is 2.00 e. The summed E-state index contributed by atoms with van der Waals surface area (Å²) in [5.74, 6) is -5.28. The Kier molecular flexibility index (Phi) is 33.8. The van der Waals surface area contributed by atoms with E-state index >= 15 is 0 Å². The number of carboxylic acids is 2. The monoisotopic (exact) mass is 1110 g/mol. The summed E-state index contributed by atoms with van der Waals surface area (Å²) in [4.78, 5) is 32.3. The molecular formula is C63H90N2O8Pd. The predicted octanol–water partition coefficient (Wildman–Crippen LogP) is 16.3. The number of hydrogen-bond donors (Lipinski definition) is 4. The number of rotatable bonds is 29. The van der Waals surface area contributed by atoms with E-state index in [9.17, 15) is 19.8 Å². The molecule has 10 nitrogen and oxygen atoms in total. The molecule has 0 heterocycles. The van der Waals surface area contributed by atoms with E-state index < -0.39 is 34.9 Å². The van der Waals surface area contributed by atoms with Crippen molar-refractivity contribution in [1.82, 2.24) is 0 Å². The standard InChI is InChI=1S/C45H72N2.2C9H10O4.Pd/c1-7-13-19-21-23-25-31-45(47-43-36-40(28-17-11-5)33-41(37-43)29-18-12-6)44(30-24-22-20-14-8-2)46-42-34-38(26-15-9-3)32-39(35-42)27-16-10-4;2*1-4-3-6(10)8(11)7(5(4)2)9(12)13;/h24,30,32-37H,7-23,25-29,31H2,1-6H3;2*3,10-11H,1-2H3,(H,12,13);/q;;;+2/p-2. The second-order valence-electron chi connectivity index (χ2n) is 19.6. The Morgan fingerprint density at radius 2 is 0.838 bits per heavy atom. The van der Waals surface area contributed by atoms with Crippen LogP contribution in [0.1, 0.15) is 229 Å². The minimum atomic E-state index is -1.30. The predicted molar refractivity (Wildman–Crippen MR) is 301 cm³/mol. The average molecular weight is 1110 g/mol. The number of phenolic OH excluding ortho intramolecular Hbond substituents is 2. The molecule has 4 aromatic carbocycles. The number of carbonyl (C=O) groups is 2. The summed E-state index contributed by atoms with van der Waals surface area (Å²) in [6.07, 6.45) is 32.6. The van der Waals surface area contributed by atoms with Crippen molar-refractivity contribution in [2.75, 3.05) is 0 Å². The van der Waals surface area contributed by atoms with Crippen molar-refractivity contribution in [1.29, 1.82) is 0 Å². The van der Waals surface area contributed by atoms with Crippen molar-refractivity contribution in [3.63, 3.8) is 0 Å². The van der Waals surface area contributed by atoms with Crippen LogP contribution < -0.4 is 10.2 Å². The number of aryl methyl sites for hydroxylation is 6. The van der Waals surface area contributed by atoms with Crippen LogP contribution in [0, 0.1) is 27.7 Å². The van der Waals surface area contributed by atoms with E-state index in [1.54, 1.807) is 27.7 Å². The molecule has 4 aromatic rings. The van der Waals surface area contributed by atoms with Gasteiger partial charge >= 0.3 is 32.4 Å². The molecule has 0 atom stereocenters. The first-order valence-corrected chi connectivity index (χ1v) is 27.5. The zero-order valence-corrected chi connectivity index (χ0v) is 48.2. The molecular weight excluding hydrogens is 1020 g/mol. The van der Waals surface area contributed by atoms with Crippen LogP contribution in [0.25, 0.3) is 0 Å². The van der Waals surface area contributed by atoms with Crippen LogP contribution in [0.5, 0.6) is 23.0 Å². The zero-order valence-electron chi connectivity index (χ0n) is 46.7. The van der Waals surface area contributed by atoms with Gasteiger partial charge in [0.2, 0.25) is 0 Å². The summed E-state index contributed by atoms with van der Waals surface area (Å²) in [6, 6.07) is 16.9. The molecule has 0 aliphatic rings. The van der Waals surface area contributed by atoms with Crippen molar-refractivity contribution < 1.29 is 60.7 Å². The number of hydrogen-bond acceptors (Lipinski definition) is 8. The Labute approximate surface area is 459 Å². The Morgan fingerprint density at radius 3 is 1.22 bits per heavy atom. The third-order valence-corrected chi connectivity index (χ3v) is 13.2. The summed E-state index contributed by atoms with van der Waals surface area (Å²) in [6.45, 7) is 20.1. The topological polar surface area (TPSA) is 186 Å². The van der Waals surface area contributed by atoms with Crippen LogP contribution in [0.4, 0.5) is 11.4 Å². The minimum absolute atomic E-state index is 0. The normalized spacial score (nSPS) is 11.4. The van der Waals surface area contributed by atoms with Gasteiger partial charge in [-0.15, -0.1) is 0 Å². The fourth-order valence-electron chi connectivity index (χ4n) is 8.49. The van der Waals surface area contributed by atoms with Gasteiger partial charge in [0.25, 0.3) is 0 Å². The van der Waals surface area contributed by atoms with E-state index in [0.717, 1.165) is 61.3 Å². The van der Waals surface area contributed by atoms with E-state index in [1.165, 1.54) is 144 Å². The maximum atomic E-state index is 11.2. The first kappa shape index (κ1) is 66.8. The fourth-order valence-corrected chi connectivity index (χ4v) is 8.49. The van der Waals surface area contributed by atoms with Gasteiger partial charge in [0.05, 0.1) is 33.9 Å². The number of aromatic carboxylic acids is 2. The summed E-state index contributed by atoms with van der Waals surface area (Å²) >= 11 is 0. The molecule has 0 saturated carbocycles. The quantitative estimate of drug-likeness (QED) is 0.0235. The molecule has 4 rings (SSSR count). The number of nitrogens with zero attached hydrogens (tertiary/aromatic N) is 2. The first-order chi connectivity index (χ1) is 35.0. The van der Waals surface area contributed by atoms with Gasteiger partial charge in [0.1, 0.15) is 11.5 Å². The SMILES string of the molecule is CCCCCC=CC(=Nc1cc(CCCC)cc(CCCC)c1)C(CCCCCCCC)=Nc1cc(CCCC)cc(CCCC)c1.Cc1cc(O)c([O-])c(C(=O)O)c1C.Cc1cc(O)c([O-])c(C(=O)O)c1C.[Pd+2]. The number of benzene rings is 4. The number of aromatic hydroxyl groups is 2. The van der Waals surface area contributed by atoms with Gasteiger partial charge in [-0.2, -0.15) is 0 Å². The molecule has 4 N–H and O–H groups in total. The van der Waals surface area contributed by atoms with Crippen LogP contribution in [0.15, 0.2) is 70.7 Å². The first-order valence-electron chi connectivity index (χ1n) is 27.5. The number of unbranched alkanes of at least 4 members (excludes halogenated alkanes) is 12. The van der Waals surface area contributed by atoms with Gasteiger partial charge in [0.15, 0.2) is 0 Å². The molecule has 0 aliphatic carbocycles. The van der Waals surface area contributed by atoms with Crippen molar-refractivity contribution in [2.24, 2.45) is 9.98 Å². The van der Waals surface area contributed by atoms with Crippen LogP contribution in [0.3, 0.4) is 0 Å². The molecule has 0 aliphatic heterocycles. The number of aliphatic imine (C=N–C) groups is 2. The Hall–Kier alpha value is -5.24. The third kappa shape index (κ3) is 24.0. The van der Waals surface area contributed by atoms with Crippen LogP contribution in [-0.2, 0) is 46.1 Å². The van der Waals surface area contributed by atoms with Crippen LogP contribution in [0.2, 0.25) is 0 Å². The van der Waals surface area contributed by atoms with Gasteiger partial charge in [-0.05, 0) is 192 Å². The van der Waals surface area contributed by atoms with E-state index in [1.807, 2.05) is 0 Å². The van der Waals surface area contributed by atoms with E-state index in [4.69, 9.17) is 30.4 Å². The van der Waals surface area contributed by atoms with Crippen molar-refractivity contribution in [3.8, 4) is 23.0 Å². The molecule has 11 heteroatoms. The number of carboxylic acid groups (broad SMARTS) is 2. The molecule has 74 heavy (non-hydrogen) atoms. The Bertz CT molecular complexity index is 2240. The molecule has 0 radical (unpaired) electrons. The van der Waals surface area contributed by atoms with Gasteiger partial charge < -0.3 is 30.6 Å². The van der Waals surface area contributed by atoms with E-state index in [-0.39, 0.29) is 31.5 Å². The smallest absolute Gasteiger partial charge is 0.869 e. The zero-order chi connectivity index (χ0) is 54.3. The Morgan fingerprint density at radius 1 is 0.486 bits per heavy atom. The van der Waals surface area contributed by atoms with Gasteiger partial charge in [-0.1, -0.05) is 142 Å². The van der Waals surface area contributed by atoms with E-state index in [2.05, 4.69) is 90.1 Å². The molecule has 0 aromatic heterocycles. The second-order valence-corrected chi connectivity index (χ2v) is 19.6.